The van der Waals surface area contributed by atoms with Gasteiger partial charge < -0.3 is 10.6 Å². The van der Waals surface area contributed by atoms with Gasteiger partial charge in [-0.3, -0.25) is 9.59 Å². The number of carbonyl (C=O) groups is 2. The fraction of sp³-hybridized carbons (Fsp3) is 0.200. The van der Waals surface area contributed by atoms with Crippen LogP contribution in [0.3, 0.4) is 0 Å². The summed E-state index contributed by atoms with van der Waals surface area (Å²) in [5.74, 6) is -0.649. The van der Waals surface area contributed by atoms with Crippen molar-refractivity contribution >= 4 is 57.4 Å². The first kappa shape index (κ1) is 13.6. The Morgan fingerprint density at radius 1 is 0.947 bits per heavy atom. The van der Waals surface area contributed by atoms with E-state index in [2.05, 4.69) is 26.0 Å². The minimum atomic E-state index is -0.324. The summed E-state index contributed by atoms with van der Waals surface area (Å²) in [6.45, 7) is 2.66. The Hall–Kier alpha value is -1.86. The van der Waals surface area contributed by atoms with Crippen LogP contribution in [0.4, 0.5) is 11.4 Å². The Kier molecular flexibility index (Phi) is 3.59. The van der Waals surface area contributed by atoms with Crippen molar-refractivity contribution in [3.05, 3.63) is 10.0 Å². The van der Waals surface area contributed by atoms with Gasteiger partial charge in [0.25, 0.3) is 0 Å². The van der Waals surface area contributed by atoms with Crippen LogP contribution in [-0.4, -0.2) is 27.2 Å². The quantitative estimate of drug-likeness (QED) is 0.791. The number of hydrogen-bond acceptors (Lipinski definition) is 4. The maximum atomic E-state index is 11.2. The second-order valence-corrected chi connectivity index (χ2v) is 4.52. The number of aromatic nitrogens is 3. The number of carbonyl (C=O) groups excluding carboxylic acids is 2. The number of rotatable bonds is 2. The minimum Gasteiger partial charge on any atom is -0.323 e. The van der Waals surface area contributed by atoms with Gasteiger partial charge in [-0.1, -0.05) is 23.2 Å². The third-order valence-corrected chi connectivity index (χ3v) is 3.11. The number of nitrogens with zero attached hydrogens (tertiary/aromatic N) is 2. The number of aromatic amines is 1. The van der Waals surface area contributed by atoms with E-state index in [1.165, 1.54) is 13.8 Å². The van der Waals surface area contributed by atoms with Crippen LogP contribution in [0.25, 0.3) is 11.0 Å². The molecule has 2 amide bonds. The van der Waals surface area contributed by atoms with Gasteiger partial charge in [-0.25, -0.2) is 0 Å². The largest absolute Gasteiger partial charge is 0.323 e. The van der Waals surface area contributed by atoms with E-state index >= 15 is 0 Å². The van der Waals surface area contributed by atoms with Crippen molar-refractivity contribution in [1.29, 1.82) is 0 Å². The fourth-order valence-corrected chi connectivity index (χ4v) is 2.05. The zero-order chi connectivity index (χ0) is 14.2. The summed E-state index contributed by atoms with van der Waals surface area (Å²) in [6, 6.07) is 0. The molecule has 19 heavy (non-hydrogen) atoms. The van der Waals surface area contributed by atoms with E-state index in [1.807, 2.05) is 0 Å². The summed E-state index contributed by atoms with van der Waals surface area (Å²) in [5, 5.41) is 15.4. The Morgan fingerprint density at radius 3 is 1.63 bits per heavy atom. The maximum Gasteiger partial charge on any atom is 0.221 e. The molecule has 0 radical (unpaired) electrons. The molecular weight excluding hydrogens is 293 g/mol. The van der Waals surface area contributed by atoms with E-state index in [-0.39, 0.29) is 33.2 Å². The van der Waals surface area contributed by atoms with Gasteiger partial charge in [0.2, 0.25) is 11.8 Å². The zero-order valence-corrected chi connectivity index (χ0v) is 11.5. The average molecular weight is 302 g/mol. The summed E-state index contributed by atoms with van der Waals surface area (Å²) in [7, 11) is 0. The highest BCUT2D eigenvalue weighted by Gasteiger charge is 2.21. The van der Waals surface area contributed by atoms with Crippen molar-refractivity contribution < 1.29 is 9.59 Å². The van der Waals surface area contributed by atoms with Crippen molar-refractivity contribution in [3.8, 4) is 0 Å². The molecule has 0 aliphatic rings. The number of amides is 2. The maximum absolute atomic E-state index is 11.2. The summed E-state index contributed by atoms with van der Waals surface area (Å²) >= 11 is 12.2. The molecule has 0 saturated heterocycles. The van der Waals surface area contributed by atoms with Crippen LogP contribution in [0.2, 0.25) is 10.0 Å². The predicted molar refractivity (Wildman–Crippen MR) is 72.5 cm³/mol. The van der Waals surface area contributed by atoms with E-state index in [0.29, 0.717) is 11.0 Å². The normalized spacial score (nSPS) is 10.5. The second-order valence-electron chi connectivity index (χ2n) is 3.76. The predicted octanol–water partition coefficient (Wildman–Crippen LogP) is 2.18. The third kappa shape index (κ3) is 2.47. The number of halogens is 2. The second kappa shape index (κ2) is 5.02. The van der Waals surface area contributed by atoms with Crippen molar-refractivity contribution in [2.75, 3.05) is 10.6 Å². The lowest BCUT2D eigenvalue weighted by atomic mass is 10.2. The first-order valence-electron chi connectivity index (χ1n) is 5.18. The van der Waals surface area contributed by atoms with E-state index in [4.69, 9.17) is 23.2 Å². The summed E-state index contributed by atoms with van der Waals surface area (Å²) < 4.78 is 0. The van der Waals surface area contributed by atoms with E-state index in [0.717, 1.165) is 0 Å². The number of H-pyrrole nitrogens is 1. The molecule has 0 unspecified atom stereocenters. The number of anilines is 2. The van der Waals surface area contributed by atoms with Gasteiger partial charge in [0, 0.05) is 13.8 Å². The molecule has 0 saturated carbocycles. The smallest absolute Gasteiger partial charge is 0.221 e. The highest BCUT2D eigenvalue weighted by Crippen LogP contribution is 2.42. The lowest BCUT2D eigenvalue weighted by molar-refractivity contribution is -0.115. The van der Waals surface area contributed by atoms with E-state index in [9.17, 15) is 9.59 Å². The highest BCUT2D eigenvalue weighted by atomic mass is 35.5. The molecule has 3 N–H and O–H groups in total. The van der Waals surface area contributed by atoms with Crippen molar-refractivity contribution in [3.63, 3.8) is 0 Å². The van der Waals surface area contributed by atoms with Gasteiger partial charge in [0.05, 0.1) is 21.4 Å². The molecule has 100 valence electrons. The Balaban J connectivity index is 2.73. The number of benzene rings is 1. The van der Waals surface area contributed by atoms with Crippen molar-refractivity contribution in [1.82, 2.24) is 15.4 Å². The summed E-state index contributed by atoms with van der Waals surface area (Å²) in [5.41, 5.74) is 1.12. The summed E-state index contributed by atoms with van der Waals surface area (Å²) in [4.78, 5) is 22.3. The van der Waals surface area contributed by atoms with E-state index in [1.54, 1.807) is 0 Å². The number of hydrogen-bond donors (Lipinski definition) is 3. The Labute approximate surface area is 117 Å². The van der Waals surface area contributed by atoms with Gasteiger partial charge in [-0.2, -0.15) is 15.4 Å². The molecule has 2 aromatic rings. The molecule has 7 nitrogen and oxygen atoms in total. The third-order valence-electron chi connectivity index (χ3n) is 2.26. The molecule has 9 heteroatoms. The lowest BCUT2D eigenvalue weighted by Gasteiger charge is -2.11. The lowest BCUT2D eigenvalue weighted by Crippen LogP contribution is -2.10. The SMILES string of the molecule is CC(=O)Nc1c(Cl)c(Cl)c(NC(C)=O)c2n[nH]nc12. The van der Waals surface area contributed by atoms with Crippen LogP contribution in [0, 0.1) is 0 Å². The standard InChI is InChI=1S/C10H9Cl2N5O2/c1-3(18)13-7-5(11)6(12)8(14-4(2)19)10-9(7)15-17-16-10/h1-2H3,(H,13,18)(H,14,19)(H,15,16,17). The molecular formula is C10H9Cl2N5O2. The van der Waals surface area contributed by atoms with Gasteiger partial charge in [0.1, 0.15) is 11.0 Å². The molecule has 0 fully saturated rings. The van der Waals surface area contributed by atoms with Crippen LogP contribution in [-0.2, 0) is 9.59 Å². The molecule has 0 atom stereocenters. The van der Waals surface area contributed by atoms with Crippen LogP contribution >= 0.6 is 23.2 Å². The molecule has 0 aliphatic carbocycles. The van der Waals surface area contributed by atoms with Crippen LogP contribution in [0.1, 0.15) is 13.8 Å². The van der Waals surface area contributed by atoms with Gasteiger partial charge in [0.15, 0.2) is 0 Å². The van der Waals surface area contributed by atoms with Crippen LogP contribution in [0.5, 0.6) is 0 Å². The van der Waals surface area contributed by atoms with Crippen molar-refractivity contribution in [2.24, 2.45) is 0 Å². The highest BCUT2D eigenvalue weighted by molar-refractivity contribution is 6.48. The molecule has 1 heterocycles. The van der Waals surface area contributed by atoms with Gasteiger partial charge >= 0.3 is 0 Å². The molecule has 2 rings (SSSR count). The molecule has 0 bridgehead atoms. The first-order valence-corrected chi connectivity index (χ1v) is 5.94. The molecule has 0 aliphatic heterocycles. The van der Waals surface area contributed by atoms with Crippen LogP contribution in [0.15, 0.2) is 0 Å². The first-order chi connectivity index (χ1) is 8.91. The molecule has 0 spiro atoms. The van der Waals surface area contributed by atoms with Gasteiger partial charge in [-0.05, 0) is 0 Å². The molecule has 1 aromatic heterocycles. The average Bonchev–Trinajstić information content (AvgIpc) is 2.78. The summed E-state index contributed by atoms with van der Waals surface area (Å²) in [6.07, 6.45) is 0. The Bertz CT molecular complexity index is 626. The number of fused-ring (bicyclic) bond motifs is 1. The molecule has 1 aromatic carbocycles. The van der Waals surface area contributed by atoms with Crippen LogP contribution < -0.4 is 10.6 Å². The topological polar surface area (TPSA) is 99.8 Å². The van der Waals surface area contributed by atoms with Crippen molar-refractivity contribution in [2.45, 2.75) is 13.8 Å². The Morgan fingerprint density at radius 2 is 1.32 bits per heavy atom. The number of nitrogens with one attached hydrogen (secondary N) is 3. The fourth-order valence-electron chi connectivity index (χ4n) is 1.59. The minimum absolute atomic E-state index is 0.0852. The zero-order valence-electron chi connectivity index (χ0n) is 9.97. The van der Waals surface area contributed by atoms with E-state index < -0.39 is 0 Å². The van der Waals surface area contributed by atoms with Gasteiger partial charge in [-0.15, -0.1) is 0 Å². The monoisotopic (exact) mass is 301 g/mol.